The van der Waals surface area contributed by atoms with E-state index in [9.17, 15) is 4.79 Å². The number of hydrogen-bond donors (Lipinski definition) is 2. The van der Waals surface area contributed by atoms with Crippen LogP contribution in [0.5, 0.6) is 0 Å². The normalized spacial score (nSPS) is 10.8. The summed E-state index contributed by atoms with van der Waals surface area (Å²) in [6.45, 7) is 4.40. The Morgan fingerprint density at radius 1 is 1.45 bits per heavy atom. The van der Waals surface area contributed by atoms with E-state index in [2.05, 4.69) is 25.6 Å². The summed E-state index contributed by atoms with van der Waals surface area (Å²) >= 11 is 0. The lowest BCUT2D eigenvalue weighted by Crippen LogP contribution is -2.16. The highest BCUT2D eigenvalue weighted by molar-refractivity contribution is 5.88. The zero-order valence-corrected chi connectivity index (χ0v) is 12.3. The van der Waals surface area contributed by atoms with Crippen molar-refractivity contribution in [2.75, 3.05) is 5.32 Å². The van der Waals surface area contributed by atoms with Gasteiger partial charge in [0.25, 0.3) is 0 Å². The third-order valence-electron chi connectivity index (χ3n) is 3.15. The molecule has 8 nitrogen and oxygen atoms in total. The van der Waals surface area contributed by atoms with Crippen LogP contribution < -0.4 is 5.32 Å². The van der Waals surface area contributed by atoms with Crippen LogP contribution in [0.15, 0.2) is 28.9 Å². The molecule has 0 spiro atoms. The molecule has 0 radical (unpaired) electrons. The van der Waals surface area contributed by atoms with Crippen molar-refractivity contribution in [3.63, 3.8) is 0 Å². The van der Waals surface area contributed by atoms with E-state index in [0.717, 1.165) is 11.4 Å². The van der Waals surface area contributed by atoms with E-state index < -0.39 is 0 Å². The number of H-pyrrole nitrogens is 1. The molecule has 3 heterocycles. The highest BCUT2D eigenvalue weighted by atomic mass is 16.3. The molecule has 3 aromatic heterocycles. The molecule has 0 aliphatic heterocycles. The van der Waals surface area contributed by atoms with Crippen molar-refractivity contribution in [2.45, 2.75) is 26.8 Å². The number of hydrogen-bond acceptors (Lipinski definition) is 5. The smallest absolute Gasteiger partial charge is 0.249 e. The summed E-state index contributed by atoms with van der Waals surface area (Å²) in [5.41, 5.74) is 1.97. The predicted molar refractivity (Wildman–Crippen MR) is 79.0 cm³/mol. The Bertz CT molecular complexity index is 771. The standard InChI is InChI=1S/C14H16N6O2/c1-9-8-10(2)20(19-9)6-5-12(21)15-14-16-13(17-18-14)11-4-3-7-22-11/h3-4,7-8H,5-6H2,1-2H3,(H2,15,16,17,18,21). The zero-order chi connectivity index (χ0) is 15.5. The van der Waals surface area contributed by atoms with E-state index in [1.54, 1.807) is 23.1 Å². The number of rotatable bonds is 5. The lowest BCUT2D eigenvalue weighted by Gasteiger charge is -2.03. The molecule has 1 amide bonds. The molecule has 0 fully saturated rings. The van der Waals surface area contributed by atoms with Crippen LogP contribution in [-0.4, -0.2) is 30.9 Å². The lowest BCUT2D eigenvalue weighted by molar-refractivity contribution is -0.116. The number of aryl methyl sites for hydroxylation is 3. The maximum atomic E-state index is 11.9. The van der Waals surface area contributed by atoms with Crippen molar-refractivity contribution in [2.24, 2.45) is 0 Å². The van der Waals surface area contributed by atoms with Crippen molar-refractivity contribution in [3.8, 4) is 11.6 Å². The third kappa shape index (κ3) is 3.05. The molecule has 114 valence electrons. The van der Waals surface area contributed by atoms with Gasteiger partial charge in [-0.3, -0.25) is 19.9 Å². The van der Waals surface area contributed by atoms with Gasteiger partial charge in [-0.15, -0.1) is 5.10 Å². The molecule has 0 aromatic carbocycles. The van der Waals surface area contributed by atoms with Crippen molar-refractivity contribution < 1.29 is 9.21 Å². The van der Waals surface area contributed by atoms with E-state index in [0.29, 0.717) is 24.6 Å². The minimum absolute atomic E-state index is 0.169. The van der Waals surface area contributed by atoms with Gasteiger partial charge in [-0.05, 0) is 32.0 Å². The maximum Gasteiger partial charge on any atom is 0.249 e. The van der Waals surface area contributed by atoms with Crippen molar-refractivity contribution in [1.29, 1.82) is 0 Å². The third-order valence-corrected chi connectivity index (χ3v) is 3.15. The summed E-state index contributed by atoms with van der Waals surface area (Å²) in [5.74, 6) is 1.09. The molecule has 0 aliphatic carbocycles. The van der Waals surface area contributed by atoms with Gasteiger partial charge in [-0.1, -0.05) is 0 Å². The molecule has 0 aliphatic rings. The summed E-state index contributed by atoms with van der Waals surface area (Å²) in [7, 11) is 0. The number of nitrogens with zero attached hydrogens (tertiary/aromatic N) is 4. The van der Waals surface area contributed by atoms with E-state index >= 15 is 0 Å². The number of furan rings is 1. The monoisotopic (exact) mass is 300 g/mol. The molecule has 0 atom stereocenters. The maximum absolute atomic E-state index is 11.9. The molecule has 0 unspecified atom stereocenters. The van der Waals surface area contributed by atoms with Crippen molar-refractivity contribution in [3.05, 3.63) is 35.9 Å². The Morgan fingerprint density at radius 2 is 2.32 bits per heavy atom. The van der Waals surface area contributed by atoms with Crippen molar-refractivity contribution in [1.82, 2.24) is 25.0 Å². The fourth-order valence-electron chi connectivity index (χ4n) is 2.14. The predicted octanol–water partition coefficient (Wildman–Crippen LogP) is 1.91. The highest BCUT2D eigenvalue weighted by Crippen LogP contribution is 2.15. The van der Waals surface area contributed by atoms with E-state index in [1.807, 2.05) is 19.9 Å². The molecule has 0 bridgehead atoms. The lowest BCUT2D eigenvalue weighted by atomic mass is 10.3. The van der Waals surface area contributed by atoms with Gasteiger partial charge in [0.15, 0.2) is 11.6 Å². The minimum Gasteiger partial charge on any atom is -0.461 e. The van der Waals surface area contributed by atoms with Crippen LogP contribution in [-0.2, 0) is 11.3 Å². The van der Waals surface area contributed by atoms with Crippen LogP contribution in [0.2, 0.25) is 0 Å². The number of aromatic amines is 1. The average Bonchev–Trinajstić information content (AvgIpc) is 3.17. The minimum atomic E-state index is -0.169. The van der Waals surface area contributed by atoms with Gasteiger partial charge < -0.3 is 4.42 Å². The summed E-state index contributed by atoms with van der Waals surface area (Å²) in [5, 5.41) is 13.6. The molecular formula is C14H16N6O2. The van der Waals surface area contributed by atoms with Gasteiger partial charge >= 0.3 is 0 Å². The Hall–Kier alpha value is -2.90. The number of aromatic nitrogens is 5. The van der Waals surface area contributed by atoms with Gasteiger partial charge in [0, 0.05) is 18.7 Å². The second kappa shape index (κ2) is 5.84. The first-order valence-electron chi connectivity index (χ1n) is 6.89. The fraction of sp³-hybridized carbons (Fsp3) is 0.286. The van der Waals surface area contributed by atoms with Gasteiger partial charge in [0.1, 0.15) is 0 Å². The molecule has 2 N–H and O–H groups in total. The Labute approximate surface area is 126 Å². The molecule has 22 heavy (non-hydrogen) atoms. The van der Waals surface area contributed by atoms with Crippen LogP contribution in [0.25, 0.3) is 11.6 Å². The SMILES string of the molecule is Cc1cc(C)n(CCC(=O)Nc2n[nH]c(-c3ccco3)n2)n1. The quantitative estimate of drug-likeness (QED) is 0.749. The summed E-state index contributed by atoms with van der Waals surface area (Å²) < 4.78 is 7.01. The number of nitrogens with one attached hydrogen (secondary N) is 2. The second-order valence-corrected chi connectivity index (χ2v) is 4.93. The highest BCUT2D eigenvalue weighted by Gasteiger charge is 2.11. The van der Waals surface area contributed by atoms with E-state index in [4.69, 9.17) is 4.42 Å². The summed E-state index contributed by atoms with van der Waals surface area (Å²) in [6.07, 6.45) is 1.84. The Balaban J connectivity index is 1.57. The van der Waals surface area contributed by atoms with Crippen LogP contribution in [0.3, 0.4) is 0 Å². The molecular weight excluding hydrogens is 284 g/mol. The molecule has 8 heteroatoms. The number of carbonyl (C=O) groups excluding carboxylic acids is 1. The average molecular weight is 300 g/mol. The first-order valence-corrected chi connectivity index (χ1v) is 6.89. The van der Waals surface area contributed by atoms with E-state index in [1.165, 1.54) is 0 Å². The second-order valence-electron chi connectivity index (χ2n) is 4.93. The first kappa shape index (κ1) is 14.1. The number of anilines is 1. The van der Waals surface area contributed by atoms with Crippen LogP contribution >= 0.6 is 0 Å². The van der Waals surface area contributed by atoms with Crippen LogP contribution in [0.4, 0.5) is 5.95 Å². The summed E-state index contributed by atoms with van der Waals surface area (Å²) in [6, 6.07) is 5.49. The topological polar surface area (TPSA) is 102 Å². The largest absolute Gasteiger partial charge is 0.461 e. The molecule has 0 saturated heterocycles. The van der Waals surface area contributed by atoms with Gasteiger partial charge in [-0.2, -0.15) is 10.1 Å². The van der Waals surface area contributed by atoms with Crippen LogP contribution in [0, 0.1) is 13.8 Å². The molecule has 3 rings (SSSR count). The van der Waals surface area contributed by atoms with E-state index in [-0.39, 0.29) is 11.9 Å². The number of carbonyl (C=O) groups is 1. The van der Waals surface area contributed by atoms with Crippen molar-refractivity contribution >= 4 is 11.9 Å². The Morgan fingerprint density at radius 3 is 3.00 bits per heavy atom. The molecule has 0 saturated carbocycles. The number of amides is 1. The zero-order valence-electron chi connectivity index (χ0n) is 12.3. The Kier molecular flexibility index (Phi) is 3.73. The van der Waals surface area contributed by atoms with Crippen LogP contribution in [0.1, 0.15) is 17.8 Å². The summed E-state index contributed by atoms with van der Waals surface area (Å²) in [4.78, 5) is 16.1. The fourth-order valence-corrected chi connectivity index (χ4v) is 2.14. The molecule has 3 aromatic rings. The van der Waals surface area contributed by atoms with Gasteiger partial charge in [0.2, 0.25) is 11.9 Å². The van der Waals surface area contributed by atoms with Gasteiger partial charge in [0.05, 0.1) is 12.0 Å². The first-order chi connectivity index (χ1) is 10.6. The van der Waals surface area contributed by atoms with Gasteiger partial charge in [-0.25, -0.2) is 0 Å².